The number of ether oxygens (including phenoxy) is 2. The zero-order valence-corrected chi connectivity index (χ0v) is 17.8. The molecule has 1 heterocycles. The van der Waals surface area contributed by atoms with Crippen molar-refractivity contribution < 1.29 is 13.9 Å². The Morgan fingerprint density at radius 1 is 1.19 bits per heavy atom. The first-order valence-electron chi connectivity index (χ1n) is 9.98. The highest BCUT2D eigenvalue weighted by Gasteiger charge is 2.22. The van der Waals surface area contributed by atoms with E-state index in [1.165, 1.54) is 18.2 Å². The number of nitrogen functional groups attached to an aromatic ring is 1. The lowest BCUT2D eigenvalue weighted by Gasteiger charge is -2.21. The fourth-order valence-corrected chi connectivity index (χ4v) is 4.14. The van der Waals surface area contributed by atoms with Crippen LogP contribution >= 0.6 is 11.6 Å². The fraction of sp³-hybridized carbons (Fsp3) is 0.250. The van der Waals surface area contributed by atoms with Crippen molar-refractivity contribution in [1.29, 1.82) is 5.26 Å². The Hall–Kier alpha value is -3.30. The molecule has 0 fully saturated rings. The highest BCUT2D eigenvalue weighted by Crippen LogP contribution is 2.37. The summed E-state index contributed by atoms with van der Waals surface area (Å²) in [6, 6.07) is 12.1. The topological polar surface area (TPSA) is 81.2 Å². The second-order valence-corrected chi connectivity index (χ2v) is 7.79. The lowest BCUT2D eigenvalue weighted by molar-refractivity contribution is 0.296. The third-order valence-electron chi connectivity index (χ3n) is 5.47. The first-order valence-corrected chi connectivity index (χ1v) is 10.4. The van der Waals surface area contributed by atoms with Crippen LogP contribution in [0.4, 0.5) is 10.2 Å². The number of hydrogen-bond donors (Lipinski definition) is 1. The molecule has 0 amide bonds. The van der Waals surface area contributed by atoms with Gasteiger partial charge in [-0.15, -0.1) is 0 Å². The monoisotopic (exact) mass is 437 g/mol. The molecule has 0 spiro atoms. The third-order valence-corrected chi connectivity index (χ3v) is 5.76. The number of nitrogens with two attached hydrogens (primary N) is 1. The van der Waals surface area contributed by atoms with Crippen LogP contribution in [0, 0.1) is 17.1 Å². The van der Waals surface area contributed by atoms with Crippen molar-refractivity contribution in [2.75, 3.05) is 12.8 Å². The summed E-state index contributed by atoms with van der Waals surface area (Å²) in [5.74, 6) is 0.846. The number of nitrogens with zero attached hydrogens (tertiary/aromatic N) is 2. The number of aromatic nitrogens is 1. The Bertz CT molecular complexity index is 1190. The fourth-order valence-electron chi connectivity index (χ4n) is 3.97. The highest BCUT2D eigenvalue weighted by atomic mass is 35.5. The van der Waals surface area contributed by atoms with Crippen LogP contribution < -0.4 is 15.2 Å². The molecule has 0 bridgehead atoms. The van der Waals surface area contributed by atoms with E-state index in [0.717, 1.165) is 53.6 Å². The summed E-state index contributed by atoms with van der Waals surface area (Å²) in [6.07, 6.45) is 3.83. The molecule has 31 heavy (non-hydrogen) atoms. The van der Waals surface area contributed by atoms with Crippen LogP contribution in [0.1, 0.15) is 35.2 Å². The first-order chi connectivity index (χ1) is 15.0. The summed E-state index contributed by atoms with van der Waals surface area (Å²) in [5.41, 5.74) is 11.0. The van der Waals surface area contributed by atoms with E-state index in [1.807, 2.05) is 18.2 Å². The Labute approximate surface area is 185 Å². The number of benzene rings is 2. The third kappa shape index (κ3) is 4.14. The molecule has 7 heteroatoms. The number of anilines is 1. The SMILES string of the molecule is COc1ccc(-c2c(C#N)c(N)nc3c2CCCC3)cc1COc1ccc(F)c(Cl)c1. The van der Waals surface area contributed by atoms with Crippen LogP contribution in [0.15, 0.2) is 36.4 Å². The van der Waals surface area contributed by atoms with E-state index in [-0.39, 0.29) is 17.4 Å². The van der Waals surface area contributed by atoms with Crippen molar-refractivity contribution in [2.45, 2.75) is 32.3 Å². The van der Waals surface area contributed by atoms with E-state index in [0.29, 0.717) is 17.1 Å². The van der Waals surface area contributed by atoms with Crippen LogP contribution in [0.5, 0.6) is 11.5 Å². The van der Waals surface area contributed by atoms with Gasteiger partial charge >= 0.3 is 0 Å². The maximum Gasteiger partial charge on any atom is 0.142 e. The molecule has 0 atom stereocenters. The van der Waals surface area contributed by atoms with Gasteiger partial charge in [0, 0.05) is 22.9 Å². The maximum atomic E-state index is 13.4. The van der Waals surface area contributed by atoms with Crippen LogP contribution in [0.2, 0.25) is 5.02 Å². The highest BCUT2D eigenvalue weighted by molar-refractivity contribution is 6.30. The minimum Gasteiger partial charge on any atom is -0.496 e. The van der Waals surface area contributed by atoms with Gasteiger partial charge in [-0.25, -0.2) is 9.37 Å². The van der Waals surface area contributed by atoms with Crippen LogP contribution in [-0.2, 0) is 19.4 Å². The number of fused-ring (bicyclic) bond motifs is 1. The van der Waals surface area contributed by atoms with Crippen LogP contribution in [-0.4, -0.2) is 12.1 Å². The molecule has 0 saturated heterocycles. The second-order valence-electron chi connectivity index (χ2n) is 7.38. The Morgan fingerprint density at radius 3 is 2.74 bits per heavy atom. The van der Waals surface area contributed by atoms with Gasteiger partial charge in [0.2, 0.25) is 0 Å². The number of halogens is 2. The summed E-state index contributed by atoms with van der Waals surface area (Å²) in [6.45, 7) is 0.184. The van der Waals surface area contributed by atoms with Crippen LogP contribution in [0.3, 0.4) is 0 Å². The van der Waals surface area contributed by atoms with Gasteiger partial charge in [-0.1, -0.05) is 17.7 Å². The smallest absolute Gasteiger partial charge is 0.142 e. The van der Waals surface area contributed by atoms with Crippen molar-refractivity contribution in [3.8, 4) is 28.7 Å². The van der Waals surface area contributed by atoms with Crippen molar-refractivity contribution in [3.05, 3.63) is 69.6 Å². The predicted molar refractivity (Wildman–Crippen MR) is 118 cm³/mol. The van der Waals surface area contributed by atoms with E-state index in [1.54, 1.807) is 7.11 Å². The minimum atomic E-state index is -0.502. The molecule has 0 unspecified atom stereocenters. The standard InChI is InChI=1S/C24H21ClFN3O2/c1-30-22-9-6-14(10-15(22)13-31-16-7-8-20(26)19(25)11-16)23-17-4-2-3-5-21(17)29-24(28)18(23)12-27/h6-11H,2-5,13H2,1H3,(H2,28,29). The van der Waals surface area contributed by atoms with Gasteiger partial charge in [-0.2, -0.15) is 5.26 Å². The van der Waals surface area contributed by atoms with Gasteiger partial charge in [0.15, 0.2) is 0 Å². The lowest BCUT2D eigenvalue weighted by Crippen LogP contribution is -2.12. The molecule has 0 aliphatic heterocycles. The molecule has 1 aromatic heterocycles. The summed E-state index contributed by atoms with van der Waals surface area (Å²) in [4.78, 5) is 4.48. The Kier molecular flexibility index (Phi) is 5.97. The molecular weight excluding hydrogens is 417 g/mol. The Balaban J connectivity index is 1.75. The molecule has 3 aromatic rings. The number of hydrogen-bond acceptors (Lipinski definition) is 5. The molecule has 1 aliphatic rings. The minimum absolute atomic E-state index is 0.00392. The van der Waals surface area contributed by atoms with Gasteiger partial charge in [-0.05, 0) is 61.1 Å². The van der Waals surface area contributed by atoms with Crippen molar-refractivity contribution in [2.24, 2.45) is 0 Å². The van der Waals surface area contributed by atoms with Crippen molar-refractivity contribution in [1.82, 2.24) is 4.98 Å². The summed E-state index contributed by atoms with van der Waals surface area (Å²) < 4.78 is 24.7. The van der Waals surface area contributed by atoms with Gasteiger partial charge in [-0.3, -0.25) is 0 Å². The van der Waals surface area contributed by atoms with Gasteiger partial charge in [0.25, 0.3) is 0 Å². The lowest BCUT2D eigenvalue weighted by atomic mass is 9.86. The van der Waals surface area contributed by atoms with E-state index in [9.17, 15) is 9.65 Å². The largest absolute Gasteiger partial charge is 0.496 e. The Morgan fingerprint density at radius 2 is 2.00 bits per heavy atom. The molecule has 2 N–H and O–H groups in total. The predicted octanol–water partition coefficient (Wildman–Crippen LogP) is 5.46. The van der Waals surface area contributed by atoms with E-state index in [4.69, 9.17) is 26.8 Å². The summed E-state index contributed by atoms with van der Waals surface area (Å²) in [7, 11) is 1.58. The van der Waals surface area contributed by atoms with E-state index in [2.05, 4.69) is 11.1 Å². The van der Waals surface area contributed by atoms with Gasteiger partial charge in [0.05, 0.1) is 12.1 Å². The second kappa shape index (κ2) is 8.83. The molecule has 1 aliphatic carbocycles. The number of nitriles is 1. The van der Waals surface area contributed by atoms with E-state index >= 15 is 0 Å². The normalized spacial score (nSPS) is 12.7. The number of pyridine rings is 1. The summed E-state index contributed by atoms with van der Waals surface area (Å²) >= 11 is 5.85. The molecule has 0 radical (unpaired) electrons. The molecule has 4 rings (SSSR count). The molecule has 158 valence electrons. The maximum absolute atomic E-state index is 13.4. The zero-order chi connectivity index (χ0) is 22.0. The molecule has 2 aromatic carbocycles. The van der Waals surface area contributed by atoms with Gasteiger partial charge < -0.3 is 15.2 Å². The van der Waals surface area contributed by atoms with Crippen molar-refractivity contribution >= 4 is 17.4 Å². The number of aryl methyl sites for hydroxylation is 1. The van der Waals surface area contributed by atoms with Crippen molar-refractivity contribution in [3.63, 3.8) is 0 Å². The number of rotatable bonds is 5. The zero-order valence-electron chi connectivity index (χ0n) is 17.0. The molecule has 5 nitrogen and oxygen atoms in total. The molecule has 0 saturated carbocycles. The van der Waals surface area contributed by atoms with Crippen LogP contribution in [0.25, 0.3) is 11.1 Å². The quantitative estimate of drug-likeness (QED) is 0.573. The average Bonchev–Trinajstić information content (AvgIpc) is 2.78. The summed E-state index contributed by atoms with van der Waals surface area (Å²) in [5, 5.41) is 9.77. The number of methoxy groups -OCH3 is 1. The van der Waals surface area contributed by atoms with E-state index < -0.39 is 5.82 Å². The van der Waals surface area contributed by atoms with Gasteiger partial charge in [0.1, 0.15) is 41.4 Å². The first kappa shape index (κ1) is 21.0. The average molecular weight is 438 g/mol. The molecular formula is C24H21ClFN3O2.